The lowest BCUT2D eigenvalue weighted by molar-refractivity contribution is 1.01. The molecule has 0 saturated carbocycles. The minimum atomic E-state index is 1.17. The van der Waals surface area contributed by atoms with Crippen LogP contribution in [-0.2, 0) is 7.05 Å². The Morgan fingerprint density at radius 3 is 1.48 bits per heavy atom. The number of benzene rings is 9. The van der Waals surface area contributed by atoms with Crippen molar-refractivity contribution >= 4 is 76.2 Å². The Hall–Kier alpha value is -7.88. The molecule has 0 fully saturated rings. The first-order chi connectivity index (χ1) is 30.1. The van der Waals surface area contributed by atoms with E-state index in [0.717, 1.165) is 0 Å². The van der Waals surface area contributed by atoms with Crippen molar-refractivity contribution in [3.8, 4) is 33.6 Å². The van der Waals surface area contributed by atoms with Crippen molar-refractivity contribution in [1.82, 2.24) is 13.7 Å². The van der Waals surface area contributed by atoms with Gasteiger partial charge in [0, 0.05) is 67.2 Å². The molecule has 9 aromatic carbocycles. The van der Waals surface area contributed by atoms with Gasteiger partial charge in [-0.15, -0.1) is 0 Å². The van der Waals surface area contributed by atoms with E-state index in [1.165, 1.54) is 110 Å². The normalized spacial score (nSPS) is 11.8. The Balaban J connectivity index is 0.000000797. The quantitative estimate of drug-likeness (QED) is 0.155. The predicted octanol–water partition coefficient (Wildman–Crippen LogP) is 15.8. The molecular weight excluding hydrogens is 739 g/mol. The number of rotatable bonds is 5. The van der Waals surface area contributed by atoms with E-state index in [-0.39, 0.29) is 0 Å². The van der Waals surface area contributed by atoms with Gasteiger partial charge < -0.3 is 13.7 Å². The fourth-order valence-corrected chi connectivity index (χ4v) is 9.52. The minimum absolute atomic E-state index is 1.17. The van der Waals surface area contributed by atoms with Gasteiger partial charge in [0.05, 0.1) is 22.1 Å². The topological polar surface area (TPSA) is 14.8 Å². The Bertz CT molecular complexity index is 3670. The zero-order chi connectivity index (χ0) is 41.0. The number of nitrogens with zero attached hydrogens (tertiary/aromatic N) is 3. The number of aryl methyl sites for hydroxylation is 1. The first-order valence-corrected chi connectivity index (χ1v) is 21.0. The average molecular weight is 782 g/mol. The summed E-state index contributed by atoms with van der Waals surface area (Å²) in [4.78, 5) is 0. The zero-order valence-electron chi connectivity index (χ0n) is 34.3. The molecule has 290 valence electrons. The molecule has 0 atom stereocenters. The van der Waals surface area contributed by atoms with Crippen molar-refractivity contribution in [3.63, 3.8) is 0 Å². The molecule has 61 heavy (non-hydrogen) atoms. The van der Waals surface area contributed by atoms with Crippen molar-refractivity contribution in [2.24, 2.45) is 7.05 Å². The van der Waals surface area contributed by atoms with Crippen molar-refractivity contribution in [2.45, 2.75) is 6.92 Å². The van der Waals surface area contributed by atoms with Gasteiger partial charge in [0.1, 0.15) is 0 Å². The number of hydrogen-bond donors (Lipinski definition) is 0. The molecule has 0 N–H and O–H groups in total. The highest BCUT2D eigenvalue weighted by atomic mass is 15.0. The van der Waals surface area contributed by atoms with Crippen molar-refractivity contribution in [1.29, 1.82) is 0 Å². The molecule has 12 aromatic rings. The van der Waals surface area contributed by atoms with Crippen LogP contribution in [0.4, 0.5) is 0 Å². The molecule has 3 aromatic heterocycles. The van der Waals surface area contributed by atoms with Crippen molar-refractivity contribution in [2.75, 3.05) is 0 Å². The molecule has 0 radical (unpaired) electrons. The summed E-state index contributed by atoms with van der Waals surface area (Å²) in [6, 6.07) is 71.3. The molecule has 3 nitrogen and oxygen atoms in total. The van der Waals surface area contributed by atoms with Crippen LogP contribution in [0.25, 0.3) is 110 Å². The third-order valence-corrected chi connectivity index (χ3v) is 12.4. The molecule has 0 aliphatic carbocycles. The maximum atomic E-state index is 3.46. The predicted molar refractivity (Wildman–Crippen MR) is 262 cm³/mol. The van der Waals surface area contributed by atoms with Crippen molar-refractivity contribution in [3.05, 3.63) is 219 Å². The van der Waals surface area contributed by atoms with Gasteiger partial charge in [0.2, 0.25) is 0 Å². The third kappa shape index (κ3) is 5.89. The van der Waals surface area contributed by atoms with E-state index < -0.39 is 0 Å². The SMILES string of the molecule is C=C/C=C\C.Cn1c2ccc(-c3ccc4c(c3)c3ccc5ccccc5c3n4-c3ccccc3)cc2c2cc(-c3ccc4c5ccccc5n(-c5ccccc5)c4c3)ccc21. The van der Waals surface area contributed by atoms with Crippen molar-refractivity contribution < 1.29 is 0 Å². The van der Waals surface area contributed by atoms with Gasteiger partial charge in [-0.05, 0) is 107 Å². The Labute approximate surface area is 355 Å². The number of para-hydroxylation sites is 3. The van der Waals surface area contributed by atoms with E-state index in [1.807, 2.05) is 19.1 Å². The number of aromatic nitrogens is 3. The van der Waals surface area contributed by atoms with E-state index in [1.54, 1.807) is 6.08 Å². The standard InChI is InChI=1S/C53H35N3.C5H8/c1-54-48-27-22-35(36-24-29-51-45(30-36)44-26-20-34-12-8-9-17-41(34)53(44)56(51)40-15-6-3-7-16-40)31-46(48)47-32-37(23-28-49(47)54)38-21-25-43-42-18-10-11-19-50(42)55(52(43)33-38)39-13-4-2-5-14-39;1-3-5-4-2/h2-33H,1H3;3-5H,1H2,2H3/b;5-4-. The molecule has 12 rings (SSSR count). The first kappa shape index (κ1) is 36.2. The molecule has 3 heteroatoms. The van der Waals surface area contributed by atoms with Gasteiger partial charge in [-0.3, -0.25) is 0 Å². The summed E-state index contributed by atoms with van der Waals surface area (Å²) in [5.41, 5.74) is 14.6. The number of allylic oxidation sites excluding steroid dienone is 3. The summed E-state index contributed by atoms with van der Waals surface area (Å²) in [6.07, 6.45) is 5.58. The lowest BCUT2D eigenvalue weighted by atomic mass is 9.98. The monoisotopic (exact) mass is 781 g/mol. The van der Waals surface area contributed by atoms with Crippen LogP contribution in [0.3, 0.4) is 0 Å². The second kappa shape index (κ2) is 14.7. The van der Waals surface area contributed by atoms with Crippen LogP contribution < -0.4 is 0 Å². The molecule has 3 heterocycles. The fraction of sp³-hybridized carbons (Fsp3) is 0.0345. The van der Waals surface area contributed by atoms with Crippen LogP contribution in [-0.4, -0.2) is 13.7 Å². The summed E-state index contributed by atoms with van der Waals surface area (Å²) in [6.45, 7) is 5.42. The maximum absolute atomic E-state index is 3.46. The van der Waals surface area contributed by atoms with Gasteiger partial charge in [0.25, 0.3) is 0 Å². The van der Waals surface area contributed by atoms with Crippen LogP contribution >= 0.6 is 0 Å². The number of hydrogen-bond acceptors (Lipinski definition) is 0. The van der Waals surface area contributed by atoms with Gasteiger partial charge in [-0.2, -0.15) is 0 Å². The van der Waals surface area contributed by atoms with Gasteiger partial charge in [-0.25, -0.2) is 0 Å². The fourth-order valence-electron chi connectivity index (χ4n) is 9.52. The largest absolute Gasteiger partial charge is 0.344 e. The Kier molecular flexibility index (Phi) is 8.75. The smallest absolute Gasteiger partial charge is 0.0619 e. The molecule has 0 aliphatic rings. The van der Waals surface area contributed by atoms with Gasteiger partial charge >= 0.3 is 0 Å². The second-order valence-corrected chi connectivity index (χ2v) is 15.8. The molecule has 0 saturated heterocycles. The Morgan fingerprint density at radius 1 is 0.377 bits per heavy atom. The van der Waals surface area contributed by atoms with E-state index in [9.17, 15) is 0 Å². The molecule has 0 spiro atoms. The molecule has 0 aliphatic heterocycles. The highest BCUT2D eigenvalue weighted by Crippen LogP contribution is 2.41. The van der Waals surface area contributed by atoms with E-state index >= 15 is 0 Å². The minimum Gasteiger partial charge on any atom is -0.344 e. The van der Waals surface area contributed by atoms with Crippen LogP contribution in [0.2, 0.25) is 0 Å². The van der Waals surface area contributed by atoms with Gasteiger partial charge in [-0.1, -0.05) is 146 Å². The summed E-state index contributed by atoms with van der Waals surface area (Å²) in [5, 5.41) is 10.1. The molecular formula is C58H43N3. The Morgan fingerprint density at radius 2 is 0.852 bits per heavy atom. The van der Waals surface area contributed by atoms with Crippen LogP contribution in [0, 0.1) is 0 Å². The first-order valence-electron chi connectivity index (χ1n) is 21.0. The van der Waals surface area contributed by atoms with Crippen LogP contribution in [0.1, 0.15) is 6.92 Å². The van der Waals surface area contributed by atoms with Crippen LogP contribution in [0.15, 0.2) is 219 Å². The highest BCUT2D eigenvalue weighted by Gasteiger charge is 2.18. The lowest BCUT2D eigenvalue weighted by Crippen LogP contribution is -1.93. The molecule has 0 bridgehead atoms. The highest BCUT2D eigenvalue weighted by molar-refractivity contribution is 6.19. The summed E-state index contributed by atoms with van der Waals surface area (Å²) >= 11 is 0. The van der Waals surface area contributed by atoms with E-state index in [0.29, 0.717) is 0 Å². The summed E-state index contributed by atoms with van der Waals surface area (Å²) < 4.78 is 7.16. The third-order valence-electron chi connectivity index (χ3n) is 12.4. The lowest BCUT2D eigenvalue weighted by Gasteiger charge is -2.10. The van der Waals surface area contributed by atoms with E-state index in [4.69, 9.17) is 0 Å². The summed E-state index contributed by atoms with van der Waals surface area (Å²) in [7, 11) is 2.18. The molecule has 0 amide bonds. The van der Waals surface area contributed by atoms with Gasteiger partial charge in [0.15, 0.2) is 0 Å². The maximum Gasteiger partial charge on any atom is 0.0619 e. The molecule has 0 unspecified atom stereocenters. The van der Waals surface area contributed by atoms with E-state index in [2.05, 4.69) is 221 Å². The summed E-state index contributed by atoms with van der Waals surface area (Å²) in [5.74, 6) is 0. The average Bonchev–Trinajstić information content (AvgIpc) is 3.94. The number of fused-ring (bicyclic) bond motifs is 11. The van der Waals surface area contributed by atoms with Crippen LogP contribution in [0.5, 0.6) is 0 Å². The second-order valence-electron chi connectivity index (χ2n) is 15.8. The zero-order valence-corrected chi connectivity index (χ0v) is 34.3.